The summed E-state index contributed by atoms with van der Waals surface area (Å²) in [5.41, 5.74) is 0. The van der Waals surface area contributed by atoms with Crippen molar-refractivity contribution >= 4 is 11.9 Å². The van der Waals surface area contributed by atoms with E-state index in [0.29, 0.717) is 26.1 Å². The normalized spacial score (nSPS) is 12.3. The Morgan fingerprint density at radius 1 is 0.379 bits per heavy atom. The first kappa shape index (κ1) is 56.4. The van der Waals surface area contributed by atoms with Gasteiger partial charge in [0.05, 0.1) is 6.61 Å². The first-order chi connectivity index (χ1) is 28.6. The fourth-order valence-electron chi connectivity index (χ4n) is 7.60. The lowest BCUT2D eigenvalue weighted by molar-refractivity contribution is -0.163. The molecule has 0 aromatic carbocycles. The van der Waals surface area contributed by atoms with Crippen LogP contribution in [0.2, 0.25) is 0 Å². The zero-order chi connectivity index (χ0) is 42.1. The summed E-state index contributed by atoms with van der Waals surface area (Å²) < 4.78 is 17.4. The van der Waals surface area contributed by atoms with E-state index in [1.165, 1.54) is 193 Å². The molecule has 0 aliphatic heterocycles. The molecule has 342 valence electrons. The molecule has 0 aromatic rings. The van der Waals surface area contributed by atoms with Crippen LogP contribution >= 0.6 is 0 Å². The number of rotatable bonds is 48. The molecule has 0 bridgehead atoms. The quantitative estimate of drug-likeness (QED) is 0.0348. The third-order valence-corrected chi connectivity index (χ3v) is 11.5. The highest BCUT2D eigenvalue weighted by Gasteiger charge is 2.17. The van der Waals surface area contributed by atoms with Crippen LogP contribution in [-0.2, 0) is 23.8 Å². The first-order valence-electron chi connectivity index (χ1n) is 25.9. The summed E-state index contributed by atoms with van der Waals surface area (Å²) in [6.45, 7) is 7.84. The van der Waals surface area contributed by atoms with Crippen LogP contribution in [0, 0.1) is 0 Å². The van der Waals surface area contributed by atoms with Crippen molar-refractivity contribution in [3.63, 3.8) is 0 Å². The van der Waals surface area contributed by atoms with E-state index in [4.69, 9.17) is 14.2 Å². The van der Waals surface area contributed by atoms with Crippen LogP contribution in [0.25, 0.3) is 0 Å². The van der Waals surface area contributed by atoms with Gasteiger partial charge in [-0.15, -0.1) is 0 Å². The van der Waals surface area contributed by atoms with Crippen molar-refractivity contribution in [3.8, 4) is 0 Å². The average Bonchev–Trinajstić information content (AvgIpc) is 3.22. The van der Waals surface area contributed by atoms with E-state index in [0.717, 1.165) is 51.4 Å². The van der Waals surface area contributed by atoms with Gasteiger partial charge in [-0.25, -0.2) is 0 Å². The monoisotopic (exact) mass is 817 g/mol. The summed E-state index contributed by atoms with van der Waals surface area (Å²) in [5.74, 6) is -0.395. The number of unbranched alkanes of at least 4 members (excludes halogenated alkanes) is 33. The Bertz CT molecular complexity index is 882. The fourth-order valence-corrected chi connectivity index (χ4v) is 7.60. The molecule has 0 amide bonds. The van der Waals surface area contributed by atoms with E-state index in [1.54, 1.807) is 0 Å². The van der Waals surface area contributed by atoms with Crippen molar-refractivity contribution in [2.75, 3.05) is 19.8 Å². The zero-order valence-corrected chi connectivity index (χ0v) is 39.3. The molecule has 5 heteroatoms. The van der Waals surface area contributed by atoms with Gasteiger partial charge in [-0.1, -0.05) is 238 Å². The fraction of sp³-hybridized carbons (Fsp3) is 0.887. The molecular weight excluding hydrogens is 717 g/mol. The van der Waals surface area contributed by atoms with Crippen molar-refractivity contribution in [1.82, 2.24) is 0 Å². The second-order valence-electron chi connectivity index (χ2n) is 17.4. The second kappa shape index (κ2) is 49.7. The van der Waals surface area contributed by atoms with Crippen molar-refractivity contribution in [2.45, 2.75) is 284 Å². The van der Waals surface area contributed by atoms with Crippen molar-refractivity contribution in [3.05, 3.63) is 24.3 Å². The van der Waals surface area contributed by atoms with Gasteiger partial charge in [-0.2, -0.15) is 0 Å². The first-order valence-corrected chi connectivity index (χ1v) is 25.9. The molecule has 0 rings (SSSR count). The highest BCUT2D eigenvalue weighted by molar-refractivity contribution is 5.70. The molecule has 0 saturated heterocycles. The molecule has 1 unspecified atom stereocenters. The van der Waals surface area contributed by atoms with Gasteiger partial charge >= 0.3 is 11.9 Å². The van der Waals surface area contributed by atoms with Gasteiger partial charge in [0, 0.05) is 19.4 Å². The Morgan fingerprint density at radius 3 is 1.17 bits per heavy atom. The standard InChI is InChI=1S/C53H100O5/c1-4-7-10-13-16-19-22-25-27-29-31-34-37-40-43-46-52(54)57-50-51(49-56-48-45-42-39-36-33-30-26-23-20-17-14-11-8-5-2)58-53(55)47-44-41-38-35-32-28-24-21-18-15-12-9-6-3/h16,19,25,27,51H,4-15,17-18,20-24,26,28-50H2,1-3H3/b19-16-,27-25-. The maximum Gasteiger partial charge on any atom is 0.306 e. The Balaban J connectivity index is 4.24. The SMILES string of the molecule is CCCCC/C=C\C/C=C\CCCCCCCC(=O)OCC(COCCCCCCCCCCCCCCCC)OC(=O)CCCCCCCCCCCCCCC. The summed E-state index contributed by atoms with van der Waals surface area (Å²) in [4.78, 5) is 25.4. The lowest BCUT2D eigenvalue weighted by atomic mass is 10.0. The number of carbonyl (C=O) groups excluding carboxylic acids is 2. The predicted octanol–water partition coefficient (Wildman–Crippen LogP) is 17.2. The lowest BCUT2D eigenvalue weighted by Gasteiger charge is -2.18. The van der Waals surface area contributed by atoms with Crippen molar-refractivity contribution < 1.29 is 23.8 Å². The molecule has 58 heavy (non-hydrogen) atoms. The summed E-state index contributed by atoms with van der Waals surface area (Å²) in [5, 5.41) is 0. The van der Waals surface area contributed by atoms with E-state index in [9.17, 15) is 9.59 Å². The Morgan fingerprint density at radius 2 is 0.724 bits per heavy atom. The smallest absolute Gasteiger partial charge is 0.306 e. The lowest BCUT2D eigenvalue weighted by Crippen LogP contribution is -2.30. The third-order valence-electron chi connectivity index (χ3n) is 11.5. The second-order valence-corrected chi connectivity index (χ2v) is 17.4. The molecule has 0 aromatic heterocycles. The summed E-state index contributed by atoms with van der Waals surface area (Å²) >= 11 is 0. The van der Waals surface area contributed by atoms with Crippen LogP contribution in [-0.4, -0.2) is 37.9 Å². The summed E-state index contributed by atoms with van der Waals surface area (Å²) in [6, 6.07) is 0. The van der Waals surface area contributed by atoms with Crippen LogP contribution in [0.1, 0.15) is 278 Å². The molecule has 0 radical (unpaired) electrons. The third kappa shape index (κ3) is 47.1. The van der Waals surface area contributed by atoms with E-state index < -0.39 is 6.10 Å². The maximum absolute atomic E-state index is 12.8. The van der Waals surface area contributed by atoms with Crippen LogP contribution in [0.15, 0.2) is 24.3 Å². The van der Waals surface area contributed by atoms with Crippen molar-refractivity contribution in [2.24, 2.45) is 0 Å². The highest BCUT2D eigenvalue weighted by atomic mass is 16.6. The van der Waals surface area contributed by atoms with Crippen LogP contribution in [0.3, 0.4) is 0 Å². The topological polar surface area (TPSA) is 61.8 Å². The number of carbonyl (C=O) groups is 2. The molecule has 0 saturated carbocycles. The summed E-state index contributed by atoms with van der Waals surface area (Å²) in [6.07, 6.45) is 57.5. The van der Waals surface area contributed by atoms with Gasteiger partial charge in [-0.3, -0.25) is 9.59 Å². The molecule has 0 heterocycles. The van der Waals surface area contributed by atoms with Gasteiger partial charge in [0.2, 0.25) is 0 Å². The van der Waals surface area contributed by atoms with Gasteiger partial charge in [0.15, 0.2) is 6.10 Å². The molecule has 5 nitrogen and oxygen atoms in total. The van der Waals surface area contributed by atoms with Gasteiger partial charge in [0.25, 0.3) is 0 Å². The number of esters is 2. The van der Waals surface area contributed by atoms with E-state index in [-0.39, 0.29) is 18.5 Å². The van der Waals surface area contributed by atoms with E-state index in [1.807, 2.05) is 0 Å². The van der Waals surface area contributed by atoms with Gasteiger partial charge in [-0.05, 0) is 51.4 Å². The molecule has 0 spiro atoms. The van der Waals surface area contributed by atoms with E-state index in [2.05, 4.69) is 45.1 Å². The Labute approximate surface area is 362 Å². The minimum absolute atomic E-state index is 0.0855. The molecule has 0 aliphatic rings. The summed E-state index contributed by atoms with van der Waals surface area (Å²) in [7, 11) is 0. The van der Waals surface area contributed by atoms with Gasteiger partial charge < -0.3 is 14.2 Å². The molecule has 1 atom stereocenters. The van der Waals surface area contributed by atoms with Crippen LogP contribution < -0.4 is 0 Å². The number of ether oxygens (including phenoxy) is 3. The number of hydrogen-bond acceptors (Lipinski definition) is 5. The predicted molar refractivity (Wildman–Crippen MR) is 252 cm³/mol. The average molecular weight is 817 g/mol. The Kier molecular flexibility index (Phi) is 48.4. The molecule has 0 N–H and O–H groups in total. The van der Waals surface area contributed by atoms with Crippen LogP contribution in [0.5, 0.6) is 0 Å². The molecule has 0 fully saturated rings. The van der Waals surface area contributed by atoms with Crippen molar-refractivity contribution in [1.29, 1.82) is 0 Å². The molecular formula is C53H100O5. The van der Waals surface area contributed by atoms with E-state index >= 15 is 0 Å². The number of hydrogen-bond donors (Lipinski definition) is 0. The highest BCUT2D eigenvalue weighted by Crippen LogP contribution is 2.16. The minimum Gasteiger partial charge on any atom is -0.462 e. The maximum atomic E-state index is 12.8. The minimum atomic E-state index is -0.533. The van der Waals surface area contributed by atoms with Gasteiger partial charge in [0.1, 0.15) is 6.61 Å². The molecule has 0 aliphatic carbocycles. The largest absolute Gasteiger partial charge is 0.462 e. The zero-order valence-electron chi connectivity index (χ0n) is 39.3. The van der Waals surface area contributed by atoms with Crippen LogP contribution in [0.4, 0.5) is 0 Å². The number of allylic oxidation sites excluding steroid dienone is 4. The Hall–Kier alpha value is -1.62.